The molecule has 0 saturated carbocycles. The molecule has 1 aromatic carbocycles. The van der Waals surface area contributed by atoms with Crippen LogP contribution in [0.15, 0.2) is 24.3 Å². The second-order valence-electron chi connectivity index (χ2n) is 3.45. The van der Waals surface area contributed by atoms with Gasteiger partial charge < -0.3 is 4.74 Å². The number of ether oxygens (including phenoxy) is 1. The molecule has 0 unspecified atom stereocenters. The first-order chi connectivity index (χ1) is 7.61. The van der Waals surface area contributed by atoms with Crippen molar-refractivity contribution in [2.24, 2.45) is 0 Å². The van der Waals surface area contributed by atoms with Crippen LogP contribution in [0.5, 0.6) is 0 Å². The molecule has 1 aromatic heterocycles. The standard InChI is InChI=1S/C12H10ClNO2/c1-7-10(12(15)16-2)5-8-3-4-9(13)6-11(8)14-7/h3-6H,1-2H3. The summed E-state index contributed by atoms with van der Waals surface area (Å²) in [6, 6.07) is 7.13. The van der Waals surface area contributed by atoms with Gasteiger partial charge in [0, 0.05) is 10.4 Å². The van der Waals surface area contributed by atoms with Crippen molar-refractivity contribution < 1.29 is 9.53 Å². The Labute approximate surface area is 98.0 Å². The minimum Gasteiger partial charge on any atom is -0.465 e. The van der Waals surface area contributed by atoms with Crippen molar-refractivity contribution in [2.75, 3.05) is 7.11 Å². The molecule has 0 aliphatic rings. The number of hydrogen-bond donors (Lipinski definition) is 0. The number of rotatable bonds is 1. The predicted molar refractivity (Wildman–Crippen MR) is 62.8 cm³/mol. The Balaban J connectivity index is 2.67. The number of halogens is 1. The molecule has 4 heteroatoms. The zero-order valence-electron chi connectivity index (χ0n) is 8.95. The molecule has 0 bridgehead atoms. The Hall–Kier alpha value is -1.61. The number of aromatic nitrogens is 1. The lowest BCUT2D eigenvalue weighted by atomic mass is 10.1. The van der Waals surface area contributed by atoms with E-state index in [0.717, 1.165) is 10.9 Å². The van der Waals surface area contributed by atoms with E-state index in [4.69, 9.17) is 11.6 Å². The molecule has 0 spiro atoms. The van der Waals surface area contributed by atoms with E-state index in [9.17, 15) is 4.79 Å². The molecule has 16 heavy (non-hydrogen) atoms. The van der Waals surface area contributed by atoms with E-state index in [0.29, 0.717) is 16.3 Å². The van der Waals surface area contributed by atoms with Gasteiger partial charge in [0.2, 0.25) is 0 Å². The molecular formula is C12H10ClNO2. The second kappa shape index (κ2) is 4.10. The molecule has 82 valence electrons. The van der Waals surface area contributed by atoms with E-state index in [1.165, 1.54) is 7.11 Å². The minimum atomic E-state index is -0.373. The lowest BCUT2D eigenvalue weighted by Gasteiger charge is -2.05. The molecule has 0 fully saturated rings. The van der Waals surface area contributed by atoms with Gasteiger partial charge in [-0.15, -0.1) is 0 Å². The van der Waals surface area contributed by atoms with E-state index >= 15 is 0 Å². The molecular weight excluding hydrogens is 226 g/mol. The van der Waals surface area contributed by atoms with Gasteiger partial charge in [0.1, 0.15) is 0 Å². The second-order valence-corrected chi connectivity index (χ2v) is 3.89. The smallest absolute Gasteiger partial charge is 0.339 e. The van der Waals surface area contributed by atoms with Crippen molar-refractivity contribution in [3.63, 3.8) is 0 Å². The van der Waals surface area contributed by atoms with Crippen LogP contribution < -0.4 is 0 Å². The van der Waals surface area contributed by atoms with E-state index in [1.807, 2.05) is 6.07 Å². The Bertz CT molecular complexity index is 566. The average molecular weight is 236 g/mol. The van der Waals surface area contributed by atoms with Gasteiger partial charge >= 0.3 is 5.97 Å². The maximum atomic E-state index is 11.5. The molecule has 2 rings (SSSR count). The van der Waals surface area contributed by atoms with Crippen LogP contribution in [0.4, 0.5) is 0 Å². The number of pyridine rings is 1. The molecule has 0 radical (unpaired) electrons. The Morgan fingerprint density at radius 2 is 2.12 bits per heavy atom. The third-order valence-electron chi connectivity index (χ3n) is 2.38. The number of hydrogen-bond acceptors (Lipinski definition) is 3. The largest absolute Gasteiger partial charge is 0.465 e. The minimum absolute atomic E-state index is 0.373. The summed E-state index contributed by atoms with van der Waals surface area (Å²) in [6.07, 6.45) is 0. The number of esters is 1. The van der Waals surface area contributed by atoms with Crippen LogP contribution in [-0.4, -0.2) is 18.1 Å². The summed E-state index contributed by atoms with van der Waals surface area (Å²) in [6.45, 7) is 1.77. The molecule has 0 atom stereocenters. The predicted octanol–water partition coefficient (Wildman–Crippen LogP) is 2.98. The monoisotopic (exact) mass is 235 g/mol. The van der Waals surface area contributed by atoms with E-state index in [-0.39, 0.29) is 5.97 Å². The number of fused-ring (bicyclic) bond motifs is 1. The van der Waals surface area contributed by atoms with Crippen molar-refractivity contribution in [3.05, 3.63) is 40.5 Å². The summed E-state index contributed by atoms with van der Waals surface area (Å²) >= 11 is 5.87. The third kappa shape index (κ3) is 1.86. The lowest BCUT2D eigenvalue weighted by molar-refractivity contribution is 0.0599. The van der Waals surface area contributed by atoms with Crippen LogP contribution >= 0.6 is 11.6 Å². The number of benzene rings is 1. The zero-order valence-corrected chi connectivity index (χ0v) is 9.71. The topological polar surface area (TPSA) is 39.2 Å². The highest BCUT2D eigenvalue weighted by Gasteiger charge is 2.11. The Morgan fingerprint density at radius 1 is 1.38 bits per heavy atom. The van der Waals surface area contributed by atoms with Crippen LogP contribution in [-0.2, 0) is 4.74 Å². The number of methoxy groups -OCH3 is 1. The molecule has 2 aromatic rings. The number of carbonyl (C=O) groups is 1. The van der Waals surface area contributed by atoms with Gasteiger partial charge in [-0.1, -0.05) is 17.7 Å². The molecule has 1 heterocycles. The van der Waals surface area contributed by atoms with Gasteiger partial charge in [-0.05, 0) is 25.1 Å². The highest BCUT2D eigenvalue weighted by atomic mass is 35.5. The Morgan fingerprint density at radius 3 is 2.81 bits per heavy atom. The lowest BCUT2D eigenvalue weighted by Crippen LogP contribution is -2.05. The van der Waals surface area contributed by atoms with Gasteiger partial charge in [-0.2, -0.15) is 0 Å². The first-order valence-electron chi connectivity index (χ1n) is 4.77. The number of aryl methyl sites for hydroxylation is 1. The summed E-state index contributed by atoms with van der Waals surface area (Å²) < 4.78 is 4.68. The maximum absolute atomic E-state index is 11.5. The first kappa shape index (κ1) is 10.9. The normalized spacial score (nSPS) is 10.4. The highest BCUT2D eigenvalue weighted by molar-refractivity contribution is 6.31. The fourth-order valence-corrected chi connectivity index (χ4v) is 1.72. The molecule has 0 aliphatic heterocycles. The van der Waals surface area contributed by atoms with E-state index in [1.54, 1.807) is 25.1 Å². The maximum Gasteiger partial charge on any atom is 0.339 e. The van der Waals surface area contributed by atoms with Crippen LogP contribution in [0.25, 0.3) is 10.9 Å². The van der Waals surface area contributed by atoms with Gasteiger partial charge in [0.15, 0.2) is 0 Å². The van der Waals surface area contributed by atoms with Gasteiger partial charge in [-0.25, -0.2) is 4.79 Å². The molecule has 0 aliphatic carbocycles. The van der Waals surface area contributed by atoms with Crippen molar-refractivity contribution >= 4 is 28.5 Å². The SMILES string of the molecule is COC(=O)c1cc2ccc(Cl)cc2nc1C. The van der Waals surface area contributed by atoms with Crippen LogP contribution in [0, 0.1) is 6.92 Å². The van der Waals surface area contributed by atoms with Gasteiger partial charge in [0.25, 0.3) is 0 Å². The van der Waals surface area contributed by atoms with Crippen LogP contribution in [0.2, 0.25) is 5.02 Å². The zero-order chi connectivity index (χ0) is 11.7. The molecule has 0 saturated heterocycles. The summed E-state index contributed by atoms with van der Waals surface area (Å²) in [7, 11) is 1.35. The van der Waals surface area contributed by atoms with Crippen molar-refractivity contribution in [3.8, 4) is 0 Å². The van der Waals surface area contributed by atoms with Gasteiger partial charge in [0.05, 0.1) is 23.9 Å². The Kier molecular flexibility index (Phi) is 2.79. The summed E-state index contributed by atoms with van der Waals surface area (Å²) in [5, 5.41) is 1.50. The van der Waals surface area contributed by atoms with E-state index in [2.05, 4.69) is 9.72 Å². The quantitative estimate of drug-likeness (QED) is 0.714. The molecule has 0 amide bonds. The number of nitrogens with zero attached hydrogens (tertiary/aromatic N) is 1. The summed E-state index contributed by atoms with van der Waals surface area (Å²) in [5.41, 5.74) is 1.90. The molecule has 3 nitrogen and oxygen atoms in total. The van der Waals surface area contributed by atoms with Crippen LogP contribution in [0.1, 0.15) is 16.1 Å². The third-order valence-corrected chi connectivity index (χ3v) is 2.61. The summed E-state index contributed by atoms with van der Waals surface area (Å²) in [5.74, 6) is -0.373. The average Bonchev–Trinajstić information content (AvgIpc) is 2.27. The molecule has 0 N–H and O–H groups in total. The van der Waals surface area contributed by atoms with Crippen molar-refractivity contribution in [2.45, 2.75) is 6.92 Å². The fourth-order valence-electron chi connectivity index (χ4n) is 1.55. The fraction of sp³-hybridized carbons (Fsp3) is 0.167. The van der Waals surface area contributed by atoms with Gasteiger partial charge in [-0.3, -0.25) is 4.98 Å². The summed E-state index contributed by atoms with van der Waals surface area (Å²) in [4.78, 5) is 15.8. The number of carbonyl (C=O) groups excluding carboxylic acids is 1. The van der Waals surface area contributed by atoms with Crippen molar-refractivity contribution in [1.29, 1.82) is 0 Å². The van der Waals surface area contributed by atoms with Crippen LogP contribution in [0.3, 0.4) is 0 Å². The highest BCUT2D eigenvalue weighted by Crippen LogP contribution is 2.20. The first-order valence-corrected chi connectivity index (χ1v) is 5.15. The van der Waals surface area contributed by atoms with Crippen molar-refractivity contribution in [1.82, 2.24) is 4.98 Å². The van der Waals surface area contributed by atoms with E-state index < -0.39 is 0 Å².